The van der Waals surface area contributed by atoms with Gasteiger partial charge in [0, 0.05) is 6.61 Å². The van der Waals surface area contributed by atoms with Crippen molar-refractivity contribution in [3.8, 4) is 0 Å². The minimum atomic E-state index is 0.281. The van der Waals surface area contributed by atoms with Gasteiger partial charge in [-0.1, -0.05) is 76.2 Å². The maximum Gasteiger partial charge on any atom is 0.0465 e. The molecule has 0 saturated heterocycles. The van der Waals surface area contributed by atoms with Gasteiger partial charge in [-0.25, -0.2) is 0 Å². The summed E-state index contributed by atoms with van der Waals surface area (Å²) in [5.41, 5.74) is 0. The first kappa shape index (κ1) is 20.4. The average Bonchev–Trinajstić information content (AvgIpc) is 2.50. The fourth-order valence-corrected chi connectivity index (χ4v) is 2.47. The maximum absolute atomic E-state index is 8.64. The number of unbranched alkanes of at least 4 members (excludes halogenated alkanes) is 11. The van der Waals surface area contributed by atoms with Crippen molar-refractivity contribution in [1.29, 1.82) is 0 Å². The second-order valence-corrected chi connectivity index (χ2v) is 6.00. The van der Waals surface area contributed by atoms with Crippen molar-refractivity contribution in [2.45, 2.75) is 96.8 Å². The van der Waals surface area contributed by atoms with Crippen molar-refractivity contribution in [3.63, 3.8) is 0 Å². The first-order valence-corrected chi connectivity index (χ1v) is 9.32. The number of hydrogen-bond acceptors (Lipinski definition) is 1. The molecule has 0 radical (unpaired) electrons. The zero-order chi connectivity index (χ0) is 15.4. The molecule has 0 aliphatic heterocycles. The van der Waals surface area contributed by atoms with Gasteiger partial charge in [-0.15, -0.1) is 0 Å². The van der Waals surface area contributed by atoms with Crippen LogP contribution < -0.4 is 0 Å². The predicted octanol–water partition coefficient (Wildman–Crippen LogP) is 6.57. The normalized spacial score (nSPS) is 11.9. The lowest BCUT2D eigenvalue weighted by Crippen LogP contribution is -1.80. The van der Waals surface area contributed by atoms with Crippen LogP contribution in [0.2, 0.25) is 0 Å². The third-order valence-corrected chi connectivity index (χ3v) is 3.85. The zero-order valence-corrected chi connectivity index (χ0v) is 14.4. The molecule has 0 spiro atoms. The van der Waals surface area contributed by atoms with Crippen molar-refractivity contribution in [3.05, 3.63) is 24.3 Å². The van der Waals surface area contributed by atoms with Gasteiger partial charge in [-0.2, -0.15) is 0 Å². The molecule has 0 aliphatic carbocycles. The van der Waals surface area contributed by atoms with Crippen LogP contribution in [0.3, 0.4) is 0 Å². The Balaban J connectivity index is 3.06. The quantitative estimate of drug-likeness (QED) is 0.252. The lowest BCUT2D eigenvalue weighted by Gasteiger charge is -1.99. The van der Waals surface area contributed by atoms with Crippen LogP contribution in [-0.2, 0) is 0 Å². The van der Waals surface area contributed by atoms with Gasteiger partial charge in [0.15, 0.2) is 0 Å². The van der Waals surface area contributed by atoms with Crippen LogP contribution >= 0.6 is 0 Å². The van der Waals surface area contributed by atoms with Crippen LogP contribution in [0.5, 0.6) is 0 Å². The lowest BCUT2D eigenvalue weighted by molar-refractivity contribution is 0.302. The largest absolute Gasteiger partial charge is 0.396 e. The van der Waals surface area contributed by atoms with E-state index in [1.165, 1.54) is 83.5 Å². The highest BCUT2D eigenvalue weighted by Gasteiger charge is 1.90. The maximum atomic E-state index is 8.64. The molecule has 1 N–H and O–H groups in total. The Morgan fingerprint density at radius 2 is 0.905 bits per heavy atom. The molecule has 0 saturated carbocycles. The van der Waals surface area contributed by atoms with Crippen LogP contribution in [0.25, 0.3) is 0 Å². The fraction of sp³-hybridized carbons (Fsp3) is 0.800. The van der Waals surface area contributed by atoms with Crippen LogP contribution in [0, 0.1) is 0 Å². The van der Waals surface area contributed by atoms with Crippen molar-refractivity contribution in [2.75, 3.05) is 6.61 Å². The molecule has 0 fully saturated rings. The smallest absolute Gasteiger partial charge is 0.0465 e. The molecule has 0 aromatic heterocycles. The van der Waals surface area contributed by atoms with E-state index in [4.69, 9.17) is 5.11 Å². The zero-order valence-electron chi connectivity index (χ0n) is 14.4. The number of aliphatic hydroxyl groups is 1. The van der Waals surface area contributed by atoms with E-state index < -0.39 is 0 Å². The second kappa shape index (κ2) is 19.4. The lowest BCUT2D eigenvalue weighted by atomic mass is 10.1. The van der Waals surface area contributed by atoms with Crippen LogP contribution in [-0.4, -0.2) is 11.7 Å². The molecule has 0 rings (SSSR count). The van der Waals surface area contributed by atoms with Gasteiger partial charge in [0.05, 0.1) is 0 Å². The third kappa shape index (κ3) is 19.4. The highest BCUT2D eigenvalue weighted by molar-refractivity contribution is 4.81. The van der Waals surface area contributed by atoms with Crippen molar-refractivity contribution in [2.24, 2.45) is 0 Å². The molecule has 1 nitrogen and oxygen atoms in total. The first-order valence-electron chi connectivity index (χ1n) is 9.32. The summed E-state index contributed by atoms with van der Waals surface area (Å²) in [5.74, 6) is 0. The monoisotopic (exact) mass is 294 g/mol. The first-order chi connectivity index (χ1) is 10.4. The van der Waals surface area contributed by atoms with Gasteiger partial charge in [-0.05, 0) is 44.9 Å². The Hall–Kier alpha value is -0.560. The van der Waals surface area contributed by atoms with Crippen molar-refractivity contribution < 1.29 is 5.11 Å². The molecule has 0 aromatic rings. The van der Waals surface area contributed by atoms with Gasteiger partial charge in [0.25, 0.3) is 0 Å². The van der Waals surface area contributed by atoms with Gasteiger partial charge >= 0.3 is 0 Å². The number of rotatable bonds is 16. The molecule has 0 aromatic carbocycles. The van der Waals surface area contributed by atoms with E-state index in [0.717, 1.165) is 6.42 Å². The van der Waals surface area contributed by atoms with Gasteiger partial charge in [0.2, 0.25) is 0 Å². The molecule has 0 atom stereocenters. The van der Waals surface area contributed by atoms with Gasteiger partial charge < -0.3 is 5.11 Å². The minimum Gasteiger partial charge on any atom is -0.396 e. The SMILES string of the molecule is CCCCCC/C=C\CCCCCCCC/C=C/CCO. The summed E-state index contributed by atoms with van der Waals surface area (Å²) >= 11 is 0. The molecular weight excluding hydrogens is 256 g/mol. The Kier molecular flexibility index (Phi) is 18.9. The van der Waals surface area contributed by atoms with E-state index in [9.17, 15) is 0 Å². The van der Waals surface area contributed by atoms with E-state index in [0.29, 0.717) is 0 Å². The summed E-state index contributed by atoms with van der Waals surface area (Å²) in [5, 5.41) is 8.64. The summed E-state index contributed by atoms with van der Waals surface area (Å²) in [6.07, 6.45) is 27.3. The highest BCUT2D eigenvalue weighted by atomic mass is 16.2. The van der Waals surface area contributed by atoms with E-state index in [2.05, 4.69) is 31.2 Å². The summed E-state index contributed by atoms with van der Waals surface area (Å²) in [6, 6.07) is 0. The van der Waals surface area contributed by atoms with E-state index in [1.54, 1.807) is 0 Å². The van der Waals surface area contributed by atoms with Crippen molar-refractivity contribution >= 4 is 0 Å². The Morgan fingerprint density at radius 3 is 1.33 bits per heavy atom. The Bertz CT molecular complexity index is 230. The van der Waals surface area contributed by atoms with Crippen LogP contribution in [0.15, 0.2) is 24.3 Å². The second-order valence-electron chi connectivity index (χ2n) is 6.00. The minimum absolute atomic E-state index is 0.281. The standard InChI is InChI=1S/C20H38O/c1-2-3-4-5-6-7-8-9-10-11-12-13-14-15-16-17-18-19-20-21/h7-8,17-18,21H,2-6,9-16,19-20H2,1H3/b8-7-,18-17+. The van der Waals surface area contributed by atoms with Crippen molar-refractivity contribution in [1.82, 2.24) is 0 Å². The van der Waals surface area contributed by atoms with Crippen LogP contribution in [0.4, 0.5) is 0 Å². The number of hydrogen-bond donors (Lipinski definition) is 1. The summed E-state index contributed by atoms with van der Waals surface area (Å²) < 4.78 is 0. The predicted molar refractivity (Wildman–Crippen MR) is 95.7 cm³/mol. The van der Waals surface area contributed by atoms with Gasteiger partial charge in [-0.3, -0.25) is 0 Å². The summed E-state index contributed by atoms with van der Waals surface area (Å²) in [7, 11) is 0. The number of allylic oxidation sites excluding steroid dienone is 3. The fourth-order valence-electron chi connectivity index (χ4n) is 2.47. The third-order valence-electron chi connectivity index (χ3n) is 3.85. The number of aliphatic hydroxyl groups excluding tert-OH is 1. The molecule has 0 amide bonds. The van der Waals surface area contributed by atoms with E-state index >= 15 is 0 Å². The van der Waals surface area contributed by atoms with Gasteiger partial charge in [0.1, 0.15) is 0 Å². The van der Waals surface area contributed by atoms with E-state index in [-0.39, 0.29) is 6.61 Å². The van der Waals surface area contributed by atoms with E-state index in [1.807, 2.05) is 0 Å². The molecule has 0 aliphatic rings. The Labute approximate surface area is 133 Å². The summed E-state index contributed by atoms with van der Waals surface area (Å²) in [6.45, 7) is 2.55. The molecule has 0 unspecified atom stereocenters. The molecule has 0 heterocycles. The molecule has 1 heteroatoms. The molecule has 124 valence electrons. The average molecular weight is 295 g/mol. The molecular formula is C20H38O. The highest BCUT2D eigenvalue weighted by Crippen LogP contribution is 2.10. The summed E-state index contributed by atoms with van der Waals surface area (Å²) in [4.78, 5) is 0. The molecule has 0 bridgehead atoms. The molecule has 21 heavy (non-hydrogen) atoms. The van der Waals surface area contributed by atoms with Crippen LogP contribution in [0.1, 0.15) is 96.8 Å². The Morgan fingerprint density at radius 1 is 0.524 bits per heavy atom. The topological polar surface area (TPSA) is 20.2 Å².